The van der Waals surface area contributed by atoms with Gasteiger partial charge in [0.2, 0.25) is 5.91 Å². The van der Waals surface area contributed by atoms with Crippen LogP contribution in [0.2, 0.25) is 0 Å². The van der Waals surface area contributed by atoms with Gasteiger partial charge in [0.15, 0.2) is 5.16 Å². The molecule has 2 aromatic rings. The van der Waals surface area contributed by atoms with E-state index < -0.39 is 0 Å². The van der Waals surface area contributed by atoms with Gasteiger partial charge in [-0.3, -0.25) is 4.79 Å². The van der Waals surface area contributed by atoms with Gasteiger partial charge >= 0.3 is 0 Å². The molecule has 1 aliphatic heterocycles. The minimum Gasteiger partial charge on any atom is -0.493 e. The molecule has 0 bridgehead atoms. The first-order chi connectivity index (χ1) is 12.3. The number of fused-ring (bicyclic) bond motifs is 1. The van der Waals surface area contributed by atoms with Crippen molar-refractivity contribution in [1.29, 1.82) is 0 Å². The van der Waals surface area contributed by atoms with E-state index in [0.29, 0.717) is 18.3 Å². The van der Waals surface area contributed by atoms with Crippen molar-refractivity contribution < 1.29 is 9.53 Å². The van der Waals surface area contributed by atoms with Crippen molar-refractivity contribution >= 4 is 17.7 Å². The first-order valence-corrected chi connectivity index (χ1v) is 9.81. The first-order valence-electron chi connectivity index (χ1n) is 8.83. The molecule has 1 aromatic heterocycles. The molecular formula is C18H22N4O2S. The Morgan fingerprint density at radius 1 is 1.32 bits per heavy atom. The smallest absolute Gasteiger partial charge is 0.230 e. The van der Waals surface area contributed by atoms with E-state index in [-0.39, 0.29) is 11.9 Å². The minimum absolute atomic E-state index is 0.0177. The van der Waals surface area contributed by atoms with Gasteiger partial charge < -0.3 is 14.6 Å². The molecule has 1 saturated carbocycles. The Bertz CT molecular complexity index is 772. The summed E-state index contributed by atoms with van der Waals surface area (Å²) in [4.78, 5) is 12.4. The van der Waals surface area contributed by atoms with E-state index in [1.165, 1.54) is 24.6 Å². The molecule has 6 nitrogen and oxygen atoms in total. The van der Waals surface area contributed by atoms with Crippen molar-refractivity contribution in [2.75, 3.05) is 12.4 Å². The van der Waals surface area contributed by atoms with Crippen LogP contribution < -0.4 is 10.1 Å². The molecule has 1 unspecified atom stereocenters. The fourth-order valence-electron chi connectivity index (χ4n) is 3.21. The van der Waals surface area contributed by atoms with Crippen LogP contribution in [0.1, 0.15) is 49.5 Å². The molecule has 25 heavy (non-hydrogen) atoms. The lowest BCUT2D eigenvalue weighted by molar-refractivity contribution is -0.119. The second kappa shape index (κ2) is 7.07. The number of hydrogen-bond donors (Lipinski definition) is 1. The Morgan fingerprint density at radius 3 is 2.96 bits per heavy atom. The van der Waals surface area contributed by atoms with Crippen LogP contribution in [0, 0.1) is 0 Å². The number of nitrogens with one attached hydrogen (secondary N) is 1. The van der Waals surface area contributed by atoms with Crippen LogP contribution in [0.25, 0.3) is 0 Å². The normalized spacial score (nSPS) is 19.2. The summed E-state index contributed by atoms with van der Waals surface area (Å²) >= 11 is 1.46. The van der Waals surface area contributed by atoms with E-state index >= 15 is 0 Å². The van der Waals surface area contributed by atoms with E-state index in [1.807, 2.05) is 24.3 Å². The monoisotopic (exact) mass is 358 g/mol. The zero-order chi connectivity index (χ0) is 17.2. The van der Waals surface area contributed by atoms with Crippen molar-refractivity contribution in [3.8, 4) is 5.75 Å². The Labute approximate surface area is 151 Å². The molecular weight excluding hydrogens is 336 g/mol. The SMILES string of the molecule is CCn1c(SCC(=O)NC2CCOc3ccccc32)nnc1C1CC1. The molecule has 0 saturated heterocycles. The number of amides is 1. The van der Waals surface area contributed by atoms with Crippen molar-refractivity contribution in [3.05, 3.63) is 35.7 Å². The highest BCUT2D eigenvalue weighted by atomic mass is 32.2. The zero-order valence-electron chi connectivity index (χ0n) is 14.3. The number of para-hydroxylation sites is 1. The summed E-state index contributed by atoms with van der Waals surface area (Å²) in [7, 11) is 0. The third-order valence-corrected chi connectivity index (χ3v) is 5.60. The van der Waals surface area contributed by atoms with Gasteiger partial charge in [-0.25, -0.2) is 0 Å². The Balaban J connectivity index is 1.37. The molecule has 2 aliphatic rings. The Hall–Kier alpha value is -2.02. The van der Waals surface area contributed by atoms with Crippen LogP contribution >= 0.6 is 11.8 Å². The Morgan fingerprint density at radius 2 is 2.16 bits per heavy atom. The number of aromatic nitrogens is 3. The van der Waals surface area contributed by atoms with Gasteiger partial charge in [-0.2, -0.15) is 0 Å². The molecule has 2 heterocycles. The molecule has 7 heteroatoms. The molecule has 1 amide bonds. The number of carbonyl (C=O) groups is 1. The largest absolute Gasteiger partial charge is 0.493 e. The molecule has 1 aliphatic carbocycles. The molecule has 0 spiro atoms. The lowest BCUT2D eigenvalue weighted by Gasteiger charge is -2.26. The highest BCUT2D eigenvalue weighted by molar-refractivity contribution is 7.99. The van der Waals surface area contributed by atoms with Gasteiger partial charge in [-0.1, -0.05) is 30.0 Å². The maximum atomic E-state index is 12.4. The number of ether oxygens (including phenoxy) is 1. The predicted octanol–water partition coefficient (Wildman–Crippen LogP) is 2.91. The first kappa shape index (κ1) is 16.4. The Kier molecular flexibility index (Phi) is 4.65. The van der Waals surface area contributed by atoms with Crippen molar-refractivity contribution in [3.63, 3.8) is 0 Å². The number of nitrogens with zero attached hydrogens (tertiary/aromatic N) is 3. The van der Waals surface area contributed by atoms with Gasteiger partial charge in [0, 0.05) is 24.4 Å². The van der Waals surface area contributed by atoms with Crippen LogP contribution in [0.15, 0.2) is 29.4 Å². The third kappa shape index (κ3) is 3.51. The van der Waals surface area contributed by atoms with E-state index in [9.17, 15) is 4.79 Å². The summed E-state index contributed by atoms with van der Waals surface area (Å²) in [6.45, 7) is 3.57. The molecule has 1 aromatic carbocycles. The highest BCUT2D eigenvalue weighted by Gasteiger charge is 2.30. The van der Waals surface area contributed by atoms with E-state index in [1.54, 1.807) is 0 Å². The predicted molar refractivity (Wildman–Crippen MR) is 95.8 cm³/mol. The van der Waals surface area contributed by atoms with Gasteiger partial charge in [-0.05, 0) is 25.8 Å². The summed E-state index contributed by atoms with van der Waals surface area (Å²) in [6, 6.07) is 7.91. The number of rotatable bonds is 6. The van der Waals surface area contributed by atoms with E-state index in [0.717, 1.165) is 35.3 Å². The van der Waals surface area contributed by atoms with Gasteiger partial charge in [0.25, 0.3) is 0 Å². The summed E-state index contributed by atoms with van der Waals surface area (Å²) in [5.41, 5.74) is 1.06. The molecule has 1 fully saturated rings. The number of benzene rings is 1. The molecule has 4 rings (SSSR count). The van der Waals surface area contributed by atoms with Gasteiger partial charge in [0.05, 0.1) is 18.4 Å². The number of carbonyl (C=O) groups excluding carboxylic acids is 1. The summed E-state index contributed by atoms with van der Waals surface area (Å²) in [6.07, 6.45) is 3.20. The van der Waals surface area contributed by atoms with Crippen molar-refractivity contribution in [2.24, 2.45) is 0 Å². The second-order valence-electron chi connectivity index (χ2n) is 6.44. The fraction of sp³-hybridized carbons (Fsp3) is 0.500. The minimum atomic E-state index is 0.0177. The van der Waals surface area contributed by atoms with Gasteiger partial charge in [-0.15, -0.1) is 10.2 Å². The molecule has 0 radical (unpaired) electrons. The van der Waals surface area contributed by atoms with Crippen LogP contribution in [0.4, 0.5) is 0 Å². The average molecular weight is 358 g/mol. The van der Waals surface area contributed by atoms with E-state index in [2.05, 4.69) is 27.0 Å². The van der Waals surface area contributed by atoms with Crippen LogP contribution in [-0.2, 0) is 11.3 Å². The lowest BCUT2D eigenvalue weighted by atomic mass is 10.0. The van der Waals surface area contributed by atoms with Crippen molar-refractivity contribution in [1.82, 2.24) is 20.1 Å². The van der Waals surface area contributed by atoms with Crippen LogP contribution in [0.5, 0.6) is 5.75 Å². The second-order valence-corrected chi connectivity index (χ2v) is 7.39. The standard InChI is InChI=1S/C18H22N4O2S/c1-2-22-17(12-7-8-12)20-21-18(22)25-11-16(23)19-14-9-10-24-15-6-4-3-5-13(14)15/h3-6,12,14H,2,7-11H2,1H3,(H,19,23). The topological polar surface area (TPSA) is 69.0 Å². The number of hydrogen-bond acceptors (Lipinski definition) is 5. The molecule has 1 N–H and O–H groups in total. The van der Waals surface area contributed by atoms with E-state index in [4.69, 9.17) is 4.74 Å². The zero-order valence-corrected chi connectivity index (χ0v) is 15.1. The maximum absolute atomic E-state index is 12.4. The number of thioether (sulfide) groups is 1. The van der Waals surface area contributed by atoms with Crippen LogP contribution in [0.3, 0.4) is 0 Å². The van der Waals surface area contributed by atoms with Gasteiger partial charge in [0.1, 0.15) is 11.6 Å². The molecule has 1 atom stereocenters. The summed E-state index contributed by atoms with van der Waals surface area (Å²) < 4.78 is 7.79. The molecule has 132 valence electrons. The average Bonchev–Trinajstić information content (AvgIpc) is 3.40. The van der Waals surface area contributed by atoms with Crippen molar-refractivity contribution in [2.45, 2.75) is 49.8 Å². The maximum Gasteiger partial charge on any atom is 0.230 e. The van der Waals surface area contributed by atoms with Crippen LogP contribution in [-0.4, -0.2) is 33.0 Å². The highest BCUT2D eigenvalue weighted by Crippen LogP contribution is 2.40. The fourth-order valence-corrected chi connectivity index (χ4v) is 4.03. The quantitative estimate of drug-likeness (QED) is 0.804. The lowest BCUT2D eigenvalue weighted by Crippen LogP contribution is -2.33. The summed E-state index contributed by atoms with van der Waals surface area (Å²) in [5.74, 6) is 2.87. The summed E-state index contributed by atoms with van der Waals surface area (Å²) in [5, 5.41) is 12.6. The third-order valence-electron chi connectivity index (χ3n) is 4.63.